The number of benzene rings is 1. The van der Waals surface area contributed by atoms with Gasteiger partial charge >= 0.3 is 6.18 Å². The smallest absolute Gasteiger partial charge is 0.434 e. The number of hydrogen-bond donors (Lipinski definition) is 0. The van der Waals surface area contributed by atoms with Crippen LogP contribution in [0, 0.1) is 0 Å². The van der Waals surface area contributed by atoms with Crippen LogP contribution in [-0.2, 0) is 19.8 Å². The molecule has 1 fully saturated rings. The number of hydrogen-bond acceptors (Lipinski definition) is 7. The van der Waals surface area contributed by atoms with Crippen molar-refractivity contribution < 1.29 is 17.9 Å². The highest BCUT2D eigenvalue weighted by Gasteiger charge is 2.35. The van der Waals surface area contributed by atoms with E-state index in [-0.39, 0.29) is 30.0 Å². The van der Waals surface area contributed by atoms with Crippen molar-refractivity contribution in [3.05, 3.63) is 82.4 Å². The number of halogens is 3. The summed E-state index contributed by atoms with van der Waals surface area (Å²) in [6, 6.07) is 10.0. The molecule has 12 heteroatoms. The van der Waals surface area contributed by atoms with Gasteiger partial charge in [0.2, 0.25) is 5.88 Å². The molecule has 0 atom stereocenters. The van der Waals surface area contributed by atoms with E-state index in [1.54, 1.807) is 41.1 Å². The van der Waals surface area contributed by atoms with E-state index in [1.165, 1.54) is 24.0 Å². The van der Waals surface area contributed by atoms with E-state index in [4.69, 9.17) is 9.72 Å². The summed E-state index contributed by atoms with van der Waals surface area (Å²) in [7, 11) is 1.52. The molecule has 1 aromatic carbocycles. The fourth-order valence-electron chi connectivity index (χ4n) is 4.73. The first-order chi connectivity index (χ1) is 19.6. The maximum absolute atomic E-state index is 13.1. The molecule has 1 saturated carbocycles. The van der Waals surface area contributed by atoms with E-state index in [1.807, 2.05) is 13.8 Å². The number of alkyl halides is 3. The van der Waals surface area contributed by atoms with Crippen LogP contribution in [-0.4, -0.2) is 40.2 Å². The predicted octanol–water partition coefficient (Wildman–Crippen LogP) is 5.38. The Bertz CT molecular complexity index is 1810. The Labute approximate surface area is 232 Å². The van der Waals surface area contributed by atoms with Crippen molar-refractivity contribution in [3.8, 4) is 28.7 Å². The molecule has 1 aliphatic rings. The lowest BCUT2D eigenvalue weighted by Gasteiger charge is -2.16. The molecule has 5 aromatic rings. The van der Waals surface area contributed by atoms with Gasteiger partial charge in [-0.2, -0.15) is 13.2 Å². The molecule has 41 heavy (non-hydrogen) atoms. The monoisotopic (exact) mass is 561 g/mol. The summed E-state index contributed by atoms with van der Waals surface area (Å²) in [4.78, 5) is 35.1. The van der Waals surface area contributed by atoms with Gasteiger partial charge in [-0.1, -0.05) is 24.3 Å². The standard InChI is InChI=1S/C29H26F3N7O2/c1-16(2)41-28-23(24(18-8-9-18)34-15-35-28)25-33-12-20-10-11-22(40)39(27(20)37-25)13-17-4-6-19(7-5-17)26-36-21(14-38(26)3)29(30,31)32/h4-7,10-12,14-16,18H,8-9,13H2,1-3H3. The van der Waals surface area contributed by atoms with Crippen LogP contribution in [0.2, 0.25) is 0 Å². The van der Waals surface area contributed by atoms with Gasteiger partial charge in [-0.25, -0.2) is 24.9 Å². The third-order valence-electron chi connectivity index (χ3n) is 6.82. The molecule has 210 valence electrons. The number of nitrogens with zero attached hydrogens (tertiary/aromatic N) is 7. The van der Waals surface area contributed by atoms with Gasteiger partial charge in [0, 0.05) is 42.4 Å². The average molecular weight is 562 g/mol. The molecule has 1 aliphatic carbocycles. The van der Waals surface area contributed by atoms with Gasteiger partial charge in [0.15, 0.2) is 11.5 Å². The van der Waals surface area contributed by atoms with Crippen LogP contribution >= 0.6 is 0 Å². The van der Waals surface area contributed by atoms with Gasteiger partial charge in [-0.05, 0) is 38.3 Å². The minimum absolute atomic E-state index is 0.122. The number of fused-ring (bicyclic) bond motifs is 1. The Kier molecular flexibility index (Phi) is 6.55. The van der Waals surface area contributed by atoms with Crippen molar-refractivity contribution in [2.24, 2.45) is 7.05 Å². The first kappa shape index (κ1) is 26.6. The molecule has 0 spiro atoms. The number of rotatable bonds is 7. The van der Waals surface area contributed by atoms with Crippen molar-refractivity contribution in [2.45, 2.75) is 51.4 Å². The third kappa shape index (κ3) is 5.29. The second kappa shape index (κ2) is 10.1. The van der Waals surface area contributed by atoms with Crippen LogP contribution in [0.15, 0.2) is 59.9 Å². The molecule has 0 bridgehead atoms. The predicted molar refractivity (Wildman–Crippen MR) is 145 cm³/mol. The fraction of sp³-hybridized carbons (Fsp3) is 0.310. The minimum Gasteiger partial charge on any atom is -0.474 e. The maximum atomic E-state index is 13.1. The van der Waals surface area contributed by atoms with E-state index >= 15 is 0 Å². The molecule has 0 unspecified atom stereocenters. The number of pyridine rings is 1. The number of imidazole rings is 1. The van der Waals surface area contributed by atoms with E-state index < -0.39 is 11.9 Å². The Balaban J connectivity index is 1.38. The highest BCUT2D eigenvalue weighted by atomic mass is 19.4. The van der Waals surface area contributed by atoms with E-state index in [0.29, 0.717) is 33.9 Å². The van der Waals surface area contributed by atoms with Crippen LogP contribution in [0.1, 0.15) is 49.6 Å². The van der Waals surface area contributed by atoms with Gasteiger partial charge in [-0.3, -0.25) is 9.36 Å². The van der Waals surface area contributed by atoms with Gasteiger partial charge in [0.05, 0.1) is 18.3 Å². The fourth-order valence-corrected chi connectivity index (χ4v) is 4.73. The molecular weight excluding hydrogens is 535 g/mol. The summed E-state index contributed by atoms with van der Waals surface area (Å²) < 4.78 is 48.2. The molecule has 0 saturated heterocycles. The van der Waals surface area contributed by atoms with Crippen molar-refractivity contribution in [1.82, 2.24) is 34.1 Å². The minimum atomic E-state index is -4.53. The molecule has 9 nitrogen and oxygen atoms in total. The molecule has 0 aliphatic heterocycles. The zero-order valence-electron chi connectivity index (χ0n) is 22.6. The molecule has 4 aromatic heterocycles. The summed E-state index contributed by atoms with van der Waals surface area (Å²) >= 11 is 0. The van der Waals surface area contributed by atoms with Crippen molar-refractivity contribution in [2.75, 3.05) is 0 Å². The van der Waals surface area contributed by atoms with E-state index in [9.17, 15) is 18.0 Å². The topological polar surface area (TPSA) is 101 Å². The summed E-state index contributed by atoms with van der Waals surface area (Å²) in [6.45, 7) is 4.02. The van der Waals surface area contributed by atoms with Crippen molar-refractivity contribution >= 4 is 11.0 Å². The van der Waals surface area contributed by atoms with Gasteiger partial charge < -0.3 is 9.30 Å². The largest absolute Gasteiger partial charge is 0.474 e. The van der Waals surface area contributed by atoms with Crippen LogP contribution in [0.4, 0.5) is 13.2 Å². The summed E-state index contributed by atoms with van der Waals surface area (Å²) in [5.41, 5.74) is 1.98. The number of aromatic nitrogens is 7. The lowest BCUT2D eigenvalue weighted by Crippen LogP contribution is -2.21. The van der Waals surface area contributed by atoms with E-state index in [2.05, 4.69) is 19.9 Å². The van der Waals surface area contributed by atoms with Crippen LogP contribution in [0.3, 0.4) is 0 Å². The quantitative estimate of drug-likeness (QED) is 0.263. The van der Waals surface area contributed by atoms with Gasteiger partial charge in [0.25, 0.3) is 5.56 Å². The van der Waals surface area contributed by atoms with Gasteiger partial charge in [0.1, 0.15) is 23.4 Å². The van der Waals surface area contributed by atoms with Crippen LogP contribution in [0.25, 0.3) is 33.8 Å². The Morgan fingerprint density at radius 3 is 2.44 bits per heavy atom. The summed E-state index contributed by atoms with van der Waals surface area (Å²) in [6.07, 6.45) is 1.48. The first-order valence-corrected chi connectivity index (χ1v) is 13.2. The number of ether oxygens (including phenoxy) is 1. The maximum Gasteiger partial charge on any atom is 0.434 e. The zero-order valence-corrected chi connectivity index (χ0v) is 22.6. The lowest BCUT2D eigenvalue weighted by atomic mass is 10.1. The molecule has 0 N–H and O–H groups in total. The third-order valence-corrected chi connectivity index (χ3v) is 6.82. The molecule has 0 amide bonds. The molecule has 0 radical (unpaired) electrons. The molecule has 4 heterocycles. The van der Waals surface area contributed by atoms with Crippen LogP contribution < -0.4 is 10.3 Å². The van der Waals surface area contributed by atoms with Gasteiger partial charge in [-0.15, -0.1) is 0 Å². The van der Waals surface area contributed by atoms with E-state index in [0.717, 1.165) is 30.3 Å². The summed E-state index contributed by atoms with van der Waals surface area (Å²) in [5, 5.41) is 0.675. The lowest BCUT2D eigenvalue weighted by molar-refractivity contribution is -0.140. The average Bonchev–Trinajstić information content (AvgIpc) is 3.70. The SMILES string of the molecule is CC(C)Oc1ncnc(C2CC2)c1-c1ncc2ccc(=O)n(Cc3ccc(-c4nc(C(F)(F)F)cn4C)cc3)c2n1. The number of aryl methyl sites for hydroxylation is 1. The Morgan fingerprint density at radius 2 is 1.78 bits per heavy atom. The second-order valence-corrected chi connectivity index (χ2v) is 10.4. The molecular formula is C29H26F3N7O2. The van der Waals surface area contributed by atoms with Crippen LogP contribution in [0.5, 0.6) is 5.88 Å². The Hall–Kier alpha value is -4.61. The van der Waals surface area contributed by atoms with Crippen molar-refractivity contribution in [3.63, 3.8) is 0 Å². The Morgan fingerprint density at radius 1 is 1.02 bits per heavy atom. The normalized spacial score (nSPS) is 13.7. The zero-order chi connectivity index (χ0) is 28.9. The second-order valence-electron chi connectivity index (χ2n) is 10.4. The highest BCUT2D eigenvalue weighted by molar-refractivity contribution is 5.78. The molecule has 6 rings (SSSR count). The summed E-state index contributed by atoms with van der Waals surface area (Å²) in [5.74, 6) is 1.25. The first-order valence-electron chi connectivity index (χ1n) is 13.2. The highest BCUT2D eigenvalue weighted by Crippen LogP contribution is 2.45. The van der Waals surface area contributed by atoms with Crippen molar-refractivity contribution in [1.29, 1.82) is 0 Å².